The molecule has 1 N–H and O–H groups in total. The van der Waals surface area contributed by atoms with E-state index in [0.29, 0.717) is 0 Å². The summed E-state index contributed by atoms with van der Waals surface area (Å²) in [5, 5.41) is 10.1. The Morgan fingerprint density at radius 3 is 1.93 bits per heavy atom. The number of aryl methyl sites for hydroxylation is 1. The lowest BCUT2D eigenvalue weighted by Gasteiger charge is -1.90. The average molecular weight is 254 g/mol. The zero-order valence-corrected chi connectivity index (χ0v) is 9.20. The summed E-state index contributed by atoms with van der Waals surface area (Å²) >= 11 is 0. The maximum Gasteiger partial charge on any atom is 0.353 e. The van der Waals surface area contributed by atoms with E-state index in [2.05, 4.69) is 10.7 Å². The van der Waals surface area contributed by atoms with E-state index in [1.165, 1.54) is 12.1 Å². The van der Waals surface area contributed by atoms with Crippen LogP contribution in [0.1, 0.15) is 5.56 Å². The van der Waals surface area contributed by atoms with Gasteiger partial charge in [0.25, 0.3) is 5.69 Å². The fourth-order valence-electron chi connectivity index (χ4n) is 0.666. The van der Waals surface area contributed by atoms with Gasteiger partial charge in [-0.15, -0.1) is 0 Å². The van der Waals surface area contributed by atoms with Crippen LogP contribution in [0.25, 0.3) is 0 Å². The van der Waals surface area contributed by atoms with Gasteiger partial charge in [-0.1, -0.05) is 17.7 Å². The normalized spacial score (nSPS) is 10.1. The van der Waals surface area contributed by atoms with Crippen molar-refractivity contribution in [3.8, 4) is 0 Å². The van der Waals surface area contributed by atoms with Crippen LogP contribution in [-0.2, 0) is 9.33 Å². The molecule has 0 spiro atoms. The van der Waals surface area contributed by atoms with Crippen molar-refractivity contribution in [2.45, 2.75) is 6.92 Å². The molecule has 0 atom stereocenters. The minimum absolute atomic E-state index is 0.144. The number of non-ortho nitro benzene ring substituents is 1. The summed E-state index contributed by atoms with van der Waals surface area (Å²) < 4.78 is 25.2. The van der Waals surface area contributed by atoms with E-state index in [-0.39, 0.29) is 5.69 Å². The highest BCUT2D eigenvalue weighted by atomic mass is 35.7. The van der Waals surface area contributed by atoms with Crippen molar-refractivity contribution in [1.29, 1.82) is 0 Å². The molecule has 1 aromatic rings. The molecule has 1 rings (SSSR count). The lowest BCUT2D eigenvalue weighted by molar-refractivity contribution is -0.384. The van der Waals surface area contributed by atoms with Crippen LogP contribution in [0.5, 0.6) is 0 Å². The van der Waals surface area contributed by atoms with Crippen molar-refractivity contribution < 1.29 is 17.9 Å². The third-order valence-corrected chi connectivity index (χ3v) is 1.24. The number of hydrogen-bond donors (Lipinski definition) is 1. The Hall–Kier alpha value is -1.18. The molecule has 0 saturated carbocycles. The Kier molecular flexibility index (Phi) is 5.20. The van der Waals surface area contributed by atoms with Crippen LogP contribution < -0.4 is 0 Å². The van der Waals surface area contributed by atoms with Crippen LogP contribution in [0, 0.1) is 17.0 Å². The predicted molar refractivity (Wildman–Crippen MR) is 55.2 cm³/mol. The van der Waals surface area contributed by atoms with Crippen molar-refractivity contribution in [1.82, 2.24) is 0 Å². The fraction of sp³-hybridized carbons (Fsp3) is 0.143. The van der Waals surface area contributed by atoms with Gasteiger partial charge >= 0.3 is 9.33 Å². The van der Waals surface area contributed by atoms with Gasteiger partial charge < -0.3 is 0 Å². The number of nitro groups is 1. The molecule has 8 heteroatoms. The first kappa shape index (κ1) is 13.8. The van der Waals surface area contributed by atoms with Gasteiger partial charge in [0.05, 0.1) is 4.92 Å². The summed E-state index contributed by atoms with van der Waals surface area (Å²) in [6.07, 6.45) is 0. The lowest BCUT2D eigenvalue weighted by atomic mass is 10.2. The second-order valence-corrected chi connectivity index (χ2v) is 4.50. The molecule has 15 heavy (non-hydrogen) atoms. The Morgan fingerprint density at radius 1 is 1.33 bits per heavy atom. The van der Waals surface area contributed by atoms with Crippen LogP contribution in [-0.4, -0.2) is 17.9 Å². The number of hydrogen-bond acceptors (Lipinski definition) is 4. The Balaban J connectivity index is 0.000000336. The van der Waals surface area contributed by atoms with Crippen molar-refractivity contribution in [3.63, 3.8) is 0 Å². The topological polar surface area (TPSA) is 97.5 Å². The zero-order valence-electron chi connectivity index (χ0n) is 7.62. The average Bonchev–Trinajstić information content (AvgIpc) is 2.01. The third kappa shape index (κ3) is 9.13. The Morgan fingerprint density at radius 2 is 1.67 bits per heavy atom. The van der Waals surface area contributed by atoms with Crippen LogP contribution in [0.3, 0.4) is 0 Å². The largest absolute Gasteiger partial charge is 0.353 e. The van der Waals surface area contributed by atoms with E-state index >= 15 is 0 Å². The molecule has 0 aliphatic rings. The van der Waals surface area contributed by atoms with Crippen molar-refractivity contribution in [2.75, 3.05) is 0 Å². The molecule has 0 heterocycles. The molecule has 0 aliphatic heterocycles. The van der Waals surface area contributed by atoms with Gasteiger partial charge in [0, 0.05) is 22.8 Å². The van der Waals surface area contributed by atoms with Crippen molar-refractivity contribution in [3.05, 3.63) is 39.9 Å². The highest BCUT2D eigenvalue weighted by Gasteiger charge is 2.00. The third-order valence-electron chi connectivity index (χ3n) is 1.24. The number of nitrogens with zero attached hydrogens (tertiary/aromatic N) is 1. The predicted octanol–water partition coefficient (Wildman–Crippen LogP) is 1.93. The molecule has 0 saturated heterocycles. The number of nitro benzene ring substituents is 1. The minimum atomic E-state index is -4.19. The van der Waals surface area contributed by atoms with Gasteiger partial charge in [-0.05, 0) is 6.92 Å². The molecular formula is C7H8ClNO5S. The zero-order chi connectivity index (χ0) is 12.1. The summed E-state index contributed by atoms with van der Waals surface area (Å²) in [6, 6.07) is 6.43. The van der Waals surface area contributed by atoms with E-state index in [0.717, 1.165) is 5.56 Å². The van der Waals surface area contributed by atoms with E-state index in [1.54, 1.807) is 12.1 Å². The quantitative estimate of drug-likeness (QED) is 0.357. The summed E-state index contributed by atoms with van der Waals surface area (Å²) in [5.74, 6) is 0. The van der Waals surface area contributed by atoms with Gasteiger partial charge in [0.1, 0.15) is 0 Å². The van der Waals surface area contributed by atoms with Gasteiger partial charge in [-0.2, -0.15) is 8.42 Å². The van der Waals surface area contributed by atoms with Crippen molar-refractivity contribution in [2.24, 2.45) is 0 Å². The van der Waals surface area contributed by atoms with Gasteiger partial charge in [-0.25, -0.2) is 0 Å². The fourth-order valence-corrected chi connectivity index (χ4v) is 0.666. The van der Waals surface area contributed by atoms with E-state index in [4.69, 9.17) is 13.0 Å². The molecule has 0 amide bonds. The minimum Gasteiger partial charge on any atom is -0.273 e. The highest BCUT2D eigenvalue weighted by molar-refractivity contribution is 8.09. The van der Waals surface area contributed by atoms with Crippen LogP contribution in [0.2, 0.25) is 0 Å². The molecule has 0 unspecified atom stereocenters. The van der Waals surface area contributed by atoms with Crippen molar-refractivity contribution >= 4 is 25.7 Å². The van der Waals surface area contributed by atoms with Gasteiger partial charge in [0.2, 0.25) is 0 Å². The molecule has 0 fully saturated rings. The first-order chi connectivity index (χ1) is 6.70. The Labute approximate surface area is 90.9 Å². The summed E-state index contributed by atoms with van der Waals surface area (Å²) in [7, 11) is -0.137. The SMILES string of the molecule is Cc1ccc([N+](=O)[O-])cc1.O=S(=O)(O)Cl. The lowest BCUT2D eigenvalue weighted by Crippen LogP contribution is -1.86. The maximum absolute atomic E-state index is 10.1. The number of halogens is 1. The molecule has 1 aromatic carbocycles. The molecule has 0 bridgehead atoms. The molecule has 0 aromatic heterocycles. The standard InChI is InChI=1S/C7H7NO2.ClHO3S/c1-6-2-4-7(5-3-6)8(9)10;1-5(2,3)4/h2-5H,1H3;(H,2,3,4). The highest BCUT2D eigenvalue weighted by Crippen LogP contribution is 2.10. The first-order valence-electron chi connectivity index (χ1n) is 3.58. The number of benzene rings is 1. The number of rotatable bonds is 1. The molecular weight excluding hydrogens is 246 g/mol. The molecule has 0 radical (unpaired) electrons. The first-order valence-corrected chi connectivity index (χ1v) is 5.85. The monoisotopic (exact) mass is 253 g/mol. The van der Waals surface area contributed by atoms with Crippen LogP contribution in [0.15, 0.2) is 24.3 Å². The summed E-state index contributed by atoms with van der Waals surface area (Å²) in [4.78, 5) is 9.71. The van der Waals surface area contributed by atoms with Crippen LogP contribution in [0.4, 0.5) is 5.69 Å². The molecule has 0 aliphatic carbocycles. The summed E-state index contributed by atoms with van der Waals surface area (Å²) in [6.45, 7) is 1.89. The van der Waals surface area contributed by atoms with E-state index < -0.39 is 14.3 Å². The van der Waals surface area contributed by atoms with Crippen LogP contribution >= 0.6 is 10.7 Å². The smallest absolute Gasteiger partial charge is 0.273 e. The molecule has 84 valence electrons. The second-order valence-electron chi connectivity index (χ2n) is 2.50. The molecule has 6 nitrogen and oxygen atoms in total. The second kappa shape index (κ2) is 5.64. The maximum atomic E-state index is 10.1. The van der Waals surface area contributed by atoms with Gasteiger partial charge in [-0.3, -0.25) is 14.7 Å². The Bertz CT molecular complexity index is 419. The van der Waals surface area contributed by atoms with E-state index in [9.17, 15) is 10.1 Å². The van der Waals surface area contributed by atoms with E-state index in [1.807, 2.05) is 6.92 Å². The van der Waals surface area contributed by atoms with Gasteiger partial charge in [0.15, 0.2) is 0 Å². The summed E-state index contributed by atoms with van der Waals surface area (Å²) in [5.41, 5.74) is 1.18.